The number of ether oxygens (including phenoxy) is 1. The third kappa shape index (κ3) is 3.55. The van der Waals surface area contributed by atoms with Gasteiger partial charge in [0.25, 0.3) is 0 Å². The molecule has 22 heavy (non-hydrogen) atoms. The number of likely N-dealkylation sites (tertiary alicyclic amines) is 2. The van der Waals surface area contributed by atoms with E-state index in [4.69, 9.17) is 10.5 Å². The van der Waals surface area contributed by atoms with Crippen LogP contribution in [0.4, 0.5) is 4.79 Å². The number of hydrogen-bond acceptors (Lipinski definition) is 5. The summed E-state index contributed by atoms with van der Waals surface area (Å²) in [6.07, 6.45) is 1.61. The number of piperidine rings is 1. The number of hydrogen-bond donors (Lipinski definition) is 2. The molecule has 3 N–H and O–H groups in total. The van der Waals surface area contributed by atoms with Crippen LogP contribution in [-0.2, 0) is 4.74 Å². The summed E-state index contributed by atoms with van der Waals surface area (Å²) in [6, 6.07) is 0. The molecule has 0 aromatic heterocycles. The van der Waals surface area contributed by atoms with Crippen LogP contribution in [0.25, 0.3) is 0 Å². The van der Waals surface area contributed by atoms with E-state index in [1.54, 1.807) is 4.90 Å². The highest BCUT2D eigenvalue weighted by Gasteiger charge is 2.53. The number of carbonyl (C=O) groups is 1. The molecular formula is C16H31N3O3. The summed E-state index contributed by atoms with van der Waals surface area (Å²) in [4.78, 5) is 16.1. The second-order valence-electron chi connectivity index (χ2n) is 7.77. The molecular weight excluding hydrogens is 282 g/mol. The highest BCUT2D eigenvalue weighted by Crippen LogP contribution is 2.37. The number of nitrogens with zero attached hydrogens (tertiary/aromatic N) is 2. The lowest BCUT2D eigenvalue weighted by Crippen LogP contribution is -2.65. The van der Waals surface area contributed by atoms with Gasteiger partial charge in [-0.25, -0.2) is 4.79 Å². The summed E-state index contributed by atoms with van der Waals surface area (Å²) >= 11 is 0. The van der Waals surface area contributed by atoms with Crippen LogP contribution in [0.15, 0.2) is 0 Å². The van der Waals surface area contributed by atoms with Gasteiger partial charge in [-0.1, -0.05) is 6.92 Å². The van der Waals surface area contributed by atoms with Crippen molar-refractivity contribution in [2.45, 2.75) is 63.7 Å². The molecule has 1 unspecified atom stereocenters. The monoisotopic (exact) mass is 313 g/mol. The van der Waals surface area contributed by atoms with Gasteiger partial charge < -0.3 is 25.4 Å². The maximum absolute atomic E-state index is 12.2. The normalized spacial score (nSPS) is 29.6. The summed E-state index contributed by atoms with van der Waals surface area (Å²) in [7, 11) is 0. The molecule has 6 nitrogen and oxygen atoms in total. The first-order valence-electron chi connectivity index (χ1n) is 8.30. The Balaban J connectivity index is 1.99. The van der Waals surface area contributed by atoms with Crippen molar-refractivity contribution >= 4 is 6.09 Å². The van der Waals surface area contributed by atoms with Crippen LogP contribution in [0.2, 0.25) is 0 Å². The first-order chi connectivity index (χ1) is 10.1. The van der Waals surface area contributed by atoms with E-state index in [2.05, 4.69) is 11.8 Å². The largest absolute Gasteiger partial charge is 0.444 e. The highest BCUT2D eigenvalue weighted by molar-refractivity contribution is 5.68. The summed E-state index contributed by atoms with van der Waals surface area (Å²) in [6.45, 7) is 11.3. The Morgan fingerprint density at radius 1 is 1.23 bits per heavy atom. The van der Waals surface area contributed by atoms with E-state index >= 15 is 0 Å². The molecule has 2 heterocycles. The second-order valence-corrected chi connectivity index (χ2v) is 7.77. The zero-order chi connectivity index (χ0) is 16.6. The third-order valence-electron chi connectivity index (χ3n) is 5.01. The van der Waals surface area contributed by atoms with Gasteiger partial charge in [-0.3, -0.25) is 0 Å². The molecule has 0 aromatic rings. The van der Waals surface area contributed by atoms with Crippen LogP contribution >= 0.6 is 0 Å². The van der Waals surface area contributed by atoms with Gasteiger partial charge in [0.1, 0.15) is 5.60 Å². The van der Waals surface area contributed by atoms with Gasteiger partial charge >= 0.3 is 6.09 Å². The van der Waals surface area contributed by atoms with Crippen molar-refractivity contribution in [1.82, 2.24) is 9.80 Å². The van der Waals surface area contributed by atoms with E-state index in [1.165, 1.54) is 0 Å². The zero-order valence-electron chi connectivity index (χ0n) is 14.4. The van der Waals surface area contributed by atoms with E-state index in [9.17, 15) is 9.90 Å². The van der Waals surface area contributed by atoms with E-state index in [0.717, 1.165) is 19.6 Å². The highest BCUT2D eigenvalue weighted by atomic mass is 16.6. The number of aliphatic hydroxyl groups is 1. The molecule has 2 fully saturated rings. The predicted molar refractivity (Wildman–Crippen MR) is 85.6 cm³/mol. The van der Waals surface area contributed by atoms with Crippen molar-refractivity contribution in [2.75, 3.05) is 32.7 Å². The van der Waals surface area contributed by atoms with Gasteiger partial charge in [-0.2, -0.15) is 0 Å². The van der Waals surface area contributed by atoms with Gasteiger partial charge in [0, 0.05) is 26.2 Å². The fourth-order valence-corrected chi connectivity index (χ4v) is 3.43. The molecule has 6 heteroatoms. The van der Waals surface area contributed by atoms with Crippen molar-refractivity contribution in [2.24, 2.45) is 5.73 Å². The lowest BCUT2D eigenvalue weighted by Gasteiger charge is -2.47. The number of amides is 1. The summed E-state index contributed by atoms with van der Waals surface area (Å²) in [5, 5.41) is 11.0. The molecule has 0 saturated carbocycles. The topological polar surface area (TPSA) is 79.0 Å². The summed E-state index contributed by atoms with van der Waals surface area (Å²) < 4.78 is 5.41. The molecule has 2 aliphatic rings. The Kier molecular flexibility index (Phi) is 4.76. The van der Waals surface area contributed by atoms with Gasteiger partial charge in [0.2, 0.25) is 0 Å². The molecule has 1 atom stereocenters. The Bertz CT molecular complexity index is 413. The fraction of sp³-hybridized carbons (Fsp3) is 0.938. The molecule has 2 saturated heterocycles. The molecule has 0 radical (unpaired) electrons. The van der Waals surface area contributed by atoms with E-state index < -0.39 is 16.7 Å². The fourth-order valence-electron chi connectivity index (χ4n) is 3.43. The van der Waals surface area contributed by atoms with Gasteiger partial charge in [0.05, 0.1) is 11.1 Å². The molecule has 0 aliphatic carbocycles. The SMILES string of the molecule is CCN1CCC(O)(C2(N)CCN(C(=O)OC(C)(C)C)C2)CC1. The third-order valence-corrected chi connectivity index (χ3v) is 5.01. The maximum atomic E-state index is 12.2. The minimum Gasteiger partial charge on any atom is -0.444 e. The van der Waals surface area contributed by atoms with Crippen molar-refractivity contribution in [1.29, 1.82) is 0 Å². The van der Waals surface area contributed by atoms with Gasteiger partial charge in [-0.15, -0.1) is 0 Å². The smallest absolute Gasteiger partial charge is 0.410 e. The molecule has 1 amide bonds. The van der Waals surface area contributed by atoms with Gasteiger partial charge in [-0.05, 0) is 46.6 Å². The molecule has 2 rings (SSSR count). The Morgan fingerprint density at radius 2 is 1.82 bits per heavy atom. The number of nitrogens with two attached hydrogens (primary N) is 1. The van der Waals surface area contributed by atoms with Crippen LogP contribution < -0.4 is 5.73 Å². The Hall–Kier alpha value is -0.850. The van der Waals surface area contributed by atoms with Crippen molar-refractivity contribution < 1.29 is 14.6 Å². The van der Waals surface area contributed by atoms with Crippen LogP contribution in [0.1, 0.15) is 47.0 Å². The lowest BCUT2D eigenvalue weighted by atomic mass is 9.73. The average Bonchev–Trinajstić information content (AvgIpc) is 2.82. The maximum Gasteiger partial charge on any atom is 0.410 e. The zero-order valence-corrected chi connectivity index (χ0v) is 14.4. The predicted octanol–water partition coefficient (Wildman–Crippen LogP) is 1.17. The summed E-state index contributed by atoms with van der Waals surface area (Å²) in [5.41, 5.74) is 4.39. The lowest BCUT2D eigenvalue weighted by molar-refractivity contribution is -0.0764. The van der Waals surface area contributed by atoms with Crippen LogP contribution in [0, 0.1) is 0 Å². The molecule has 0 aromatic carbocycles. The van der Waals surface area contributed by atoms with E-state index in [0.29, 0.717) is 32.4 Å². The minimum atomic E-state index is -0.893. The van der Waals surface area contributed by atoms with E-state index in [1.807, 2.05) is 20.8 Å². The van der Waals surface area contributed by atoms with Crippen molar-refractivity contribution in [3.63, 3.8) is 0 Å². The first kappa shape index (κ1) is 17.5. The molecule has 0 bridgehead atoms. The van der Waals surface area contributed by atoms with Crippen LogP contribution in [0.5, 0.6) is 0 Å². The summed E-state index contributed by atoms with van der Waals surface area (Å²) in [5.74, 6) is 0. The van der Waals surface area contributed by atoms with Crippen molar-refractivity contribution in [3.8, 4) is 0 Å². The van der Waals surface area contributed by atoms with E-state index in [-0.39, 0.29) is 6.09 Å². The minimum absolute atomic E-state index is 0.339. The van der Waals surface area contributed by atoms with Gasteiger partial charge in [0.15, 0.2) is 0 Å². The number of rotatable bonds is 2. The molecule has 0 spiro atoms. The molecule has 2 aliphatic heterocycles. The second kappa shape index (κ2) is 5.98. The number of carbonyl (C=O) groups excluding carboxylic acids is 1. The standard InChI is InChI=1S/C16H31N3O3/c1-5-18-9-7-16(21,8-10-18)15(17)6-11-19(12-15)13(20)22-14(2,3)4/h21H,5-12,17H2,1-4H3. The first-order valence-corrected chi connectivity index (χ1v) is 8.30. The van der Waals surface area contributed by atoms with Crippen LogP contribution in [0.3, 0.4) is 0 Å². The molecule has 128 valence electrons. The van der Waals surface area contributed by atoms with Crippen molar-refractivity contribution in [3.05, 3.63) is 0 Å². The Labute approximate surface area is 133 Å². The average molecular weight is 313 g/mol. The quantitative estimate of drug-likeness (QED) is 0.800. The van der Waals surface area contributed by atoms with Crippen LogP contribution in [-0.4, -0.2) is 70.5 Å². The Morgan fingerprint density at radius 3 is 2.32 bits per heavy atom.